The third-order valence-electron chi connectivity index (χ3n) is 4.32. The molecule has 3 aromatic rings. The number of benzene rings is 3. The summed E-state index contributed by atoms with van der Waals surface area (Å²) in [5.74, 6) is -0.676. The summed E-state index contributed by atoms with van der Waals surface area (Å²) in [4.78, 5) is 25.2. The molecule has 2 N–H and O–H groups in total. The van der Waals surface area contributed by atoms with Crippen LogP contribution in [0, 0.1) is 25.2 Å². The first kappa shape index (κ1) is 18.9. The zero-order valence-corrected chi connectivity index (χ0v) is 15.6. The van der Waals surface area contributed by atoms with Crippen LogP contribution in [0.5, 0.6) is 0 Å². The Morgan fingerprint density at radius 2 is 1.43 bits per heavy atom. The molecule has 0 aliphatic carbocycles. The Labute approximate surface area is 163 Å². The maximum absolute atomic E-state index is 12.6. The topological polar surface area (TPSA) is 82.0 Å². The van der Waals surface area contributed by atoms with Gasteiger partial charge in [0.2, 0.25) is 0 Å². The molecule has 0 saturated carbocycles. The summed E-state index contributed by atoms with van der Waals surface area (Å²) in [7, 11) is 0. The van der Waals surface area contributed by atoms with Crippen LogP contribution in [0.2, 0.25) is 0 Å². The van der Waals surface area contributed by atoms with E-state index in [9.17, 15) is 9.59 Å². The normalized spacial score (nSPS) is 10.0. The van der Waals surface area contributed by atoms with Gasteiger partial charge in [-0.05, 0) is 61.4 Å². The van der Waals surface area contributed by atoms with E-state index in [1.165, 1.54) is 6.07 Å². The number of carbonyl (C=O) groups is 2. The number of amides is 2. The number of aryl methyl sites for hydroxylation is 2. The van der Waals surface area contributed by atoms with Crippen molar-refractivity contribution in [2.45, 2.75) is 13.8 Å². The molecule has 0 radical (unpaired) electrons. The highest BCUT2D eigenvalue weighted by Gasteiger charge is 2.13. The summed E-state index contributed by atoms with van der Waals surface area (Å²) in [6.45, 7) is 3.88. The molecule has 0 fully saturated rings. The molecule has 3 rings (SSSR count). The summed E-state index contributed by atoms with van der Waals surface area (Å²) in [5, 5.41) is 14.8. The van der Waals surface area contributed by atoms with Crippen molar-refractivity contribution >= 4 is 23.2 Å². The van der Waals surface area contributed by atoms with Crippen LogP contribution < -0.4 is 10.6 Å². The molecule has 0 atom stereocenters. The van der Waals surface area contributed by atoms with Crippen LogP contribution in [0.25, 0.3) is 0 Å². The first-order chi connectivity index (χ1) is 13.5. The Balaban J connectivity index is 1.80. The van der Waals surface area contributed by atoms with Gasteiger partial charge < -0.3 is 10.6 Å². The second-order valence-corrected chi connectivity index (χ2v) is 6.46. The molecule has 0 bridgehead atoms. The Bertz CT molecular complexity index is 1100. The van der Waals surface area contributed by atoms with E-state index < -0.39 is 0 Å². The number of rotatable bonds is 4. The van der Waals surface area contributed by atoms with Gasteiger partial charge in [0, 0.05) is 16.8 Å². The molecule has 0 aliphatic rings. The molecule has 0 unspecified atom stereocenters. The third kappa shape index (κ3) is 4.25. The van der Waals surface area contributed by atoms with E-state index in [1.54, 1.807) is 42.5 Å². The van der Waals surface area contributed by atoms with Gasteiger partial charge >= 0.3 is 0 Å². The van der Waals surface area contributed by atoms with Gasteiger partial charge in [0.05, 0.1) is 11.3 Å². The number of nitriles is 1. The molecule has 3 aromatic carbocycles. The lowest BCUT2D eigenvalue weighted by molar-refractivity contribution is 0.102. The van der Waals surface area contributed by atoms with Crippen molar-refractivity contribution in [2.24, 2.45) is 0 Å². The Hall–Kier alpha value is -3.91. The summed E-state index contributed by atoms with van der Waals surface area (Å²) in [6, 6.07) is 21.1. The first-order valence-electron chi connectivity index (χ1n) is 8.77. The Morgan fingerprint density at radius 1 is 0.786 bits per heavy atom. The van der Waals surface area contributed by atoms with Crippen LogP contribution in [0.1, 0.15) is 37.4 Å². The van der Waals surface area contributed by atoms with Crippen molar-refractivity contribution in [3.63, 3.8) is 0 Å². The third-order valence-corrected chi connectivity index (χ3v) is 4.32. The standard InChI is InChI=1S/C23H19N3O2/c1-15-10-11-16(2)21(12-15)26-23(28)18-8-5-7-17(13-18)22(27)25-20-9-4-3-6-19(20)14-24/h3-13H,1-2H3,(H,25,27)(H,26,28). The second kappa shape index (κ2) is 8.19. The minimum absolute atomic E-state index is 0.291. The van der Waals surface area contributed by atoms with Crippen LogP contribution >= 0.6 is 0 Å². The summed E-state index contributed by atoms with van der Waals surface area (Å²) < 4.78 is 0. The molecule has 28 heavy (non-hydrogen) atoms. The monoisotopic (exact) mass is 369 g/mol. The van der Waals surface area contributed by atoms with Gasteiger partial charge in [-0.2, -0.15) is 5.26 Å². The minimum atomic E-state index is -0.385. The molecular formula is C23H19N3O2. The van der Waals surface area contributed by atoms with Crippen LogP contribution in [0.15, 0.2) is 66.7 Å². The molecule has 138 valence electrons. The number of para-hydroxylation sites is 1. The average molecular weight is 369 g/mol. The van der Waals surface area contributed by atoms with E-state index in [0.29, 0.717) is 22.4 Å². The largest absolute Gasteiger partial charge is 0.322 e. The van der Waals surface area contributed by atoms with Crippen LogP contribution in [-0.4, -0.2) is 11.8 Å². The summed E-state index contributed by atoms with van der Waals surface area (Å²) in [5.41, 5.74) is 4.26. The highest BCUT2D eigenvalue weighted by Crippen LogP contribution is 2.19. The molecule has 0 heterocycles. The maximum atomic E-state index is 12.6. The molecule has 5 nitrogen and oxygen atoms in total. The molecule has 0 saturated heterocycles. The molecular weight excluding hydrogens is 350 g/mol. The number of anilines is 2. The van der Waals surface area contributed by atoms with Gasteiger partial charge in [-0.1, -0.05) is 30.3 Å². The van der Waals surface area contributed by atoms with Crippen LogP contribution in [0.4, 0.5) is 11.4 Å². The van der Waals surface area contributed by atoms with Gasteiger partial charge in [-0.15, -0.1) is 0 Å². The average Bonchev–Trinajstić information content (AvgIpc) is 2.71. The lowest BCUT2D eigenvalue weighted by atomic mass is 10.1. The lowest BCUT2D eigenvalue weighted by Gasteiger charge is -2.11. The molecule has 2 amide bonds. The van der Waals surface area contributed by atoms with E-state index in [-0.39, 0.29) is 11.8 Å². The number of hydrogen-bond acceptors (Lipinski definition) is 3. The highest BCUT2D eigenvalue weighted by atomic mass is 16.2. The number of hydrogen-bond donors (Lipinski definition) is 2. The zero-order chi connectivity index (χ0) is 20.1. The molecule has 0 aromatic heterocycles. The van der Waals surface area contributed by atoms with Crippen molar-refractivity contribution in [3.8, 4) is 6.07 Å². The van der Waals surface area contributed by atoms with Crippen molar-refractivity contribution < 1.29 is 9.59 Å². The van der Waals surface area contributed by atoms with Crippen molar-refractivity contribution in [2.75, 3.05) is 10.6 Å². The molecule has 0 aliphatic heterocycles. The van der Waals surface area contributed by atoms with E-state index in [0.717, 1.165) is 16.8 Å². The van der Waals surface area contributed by atoms with E-state index >= 15 is 0 Å². The summed E-state index contributed by atoms with van der Waals surface area (Å²) >= 11 is 0. The van der Waals surface area contributed by atoms with Gasteiger partial charge in [0.25, 0.3) is 11.8 Å². The predicted octanol–water partition coefficient (Wildman–Crippen LogP) is 4.68. The number of carbonyl (C=O) groups excluding carboxylic acids is 2. The highest BCUT2D eigenvalue weighted by molar-refractivity contribution is 6.09. The second-order valence-electron chi connectivity index (χ2n) is 6.46. The van der Waals surface area contributed by atoms with E-state index in [1.807, 2.05) is 38.1 Å². The predicted molar refractivity (Wildman–Crippen MR) is 109 cm³/mol. The fourth-order valence-electron chi connectivity index (χ4n) is 2.75. The smallest absolute Gasteiger partial charge is 0.255 e. The van der Waals surface area contributed by atoms with Gasteiger partial charge in [-0.25, -0.2) is 0 Å². The zero-order valence-electron chi connectivity index (χ0n) is 15.6. The Morgan fingerprint density at radius 3 is 2.11 bits per heavy atom. The van der Waals surface area contributed by atoms with Crippen molar-refractivity contribution in [1.82, 2.24) is 0 Å². The summed E-state index contributed by atoms with van der Waals surface area (Å²) in [6.07, 6.45) is 0. The van der Waals surface area contributed by atoms with E-state index in [2.05, 4.69) is 10.6 Å². The Kier molecular flexibility index (Phi) is 5.52. The van der Waals surface area contributed by atoms with Crippen molar-refractivity contribution in [1.29, 1.82) is 5.26 Å². The van der Waals surface area contributed by atoms with Crippen LogP contribution in [-0.2, 0) is 0 Å². The fraction of sp³-hybridized carbons (Fsp3) is 0.0870. The van der Waals surface area contributed by atoms with Crippen molar-refractivity contribution in [3.05, 3.63) is 94.5 Å². The first-order valence-corrected chi connectivity index (χ1v) is 8.77. The number of nitrogens with one attached hydrogen (secondary N) is 2. The van der Waals surface area contributed by atoms with Gasteiger partial charge in [0.15, 0.2) is 0 Å². The van der Waals surface area contributed by atoms with Gasteiger partial charge in [-0.3, -0.25) is 9.59 Å². The lowest BCUT2D eigenvalue weighted by Crippen LogP contribution is -2.16. The molecule has 5 heteroatoms. The van der Waals surface area contributed by atoms with E-state index in [4.69, 9.17) is 5.26 Å². The SMILES string of the molecule is Cc1ccc(C)c(NC(=O)c2cccc(C(=O)Nc3ccccc3C#N)c2)c1. The van der Waals surface area contributed by atoms with Crippen LogP contribution in [0.3, 0.4) is 0 Å². The fourth-order valence-corrected chi connectivity index (χ4v) is 2.75. The van der Waals surface area contributed by atoms with Gasteiger partial charge in [0.1, 0.15) is 6.07 Å². The minimum Gasteiger partial charge on any atom is -0.322 e. The quantitative estimate of drug-likeness (QED) is 0.700. The molecule has 0 spiro atoms. The number of nitrogens with zero attached hydrogens (tertiary/aromatic N) is 1. The maximum Gasteiger partial charge on any atom is 0.255 e.